The van der Waals surface area contributed by atoms with Crippen molar-refractivity contribution in [2.45, 2.75) is 12.5 Å². The van der Waals surface area contributed by atoms with E-state index in [4.69, 9.17) is 10.5 Å². The van der Waals surface area contributed by atoms with Crippen LogP contribution in [-0.4, -0.2) is 25.2 Å². The van der Waals surface area contributed by atoms with Crippen LogP contribution in [0.15, 0.2) is 24.3 Å². The van der Waals surface area contributed by atoms with Gasteiger partial charge in [-0.15, -0.1) is 0 Å². The lowest BCUT2D eigenvalue weighted by atomic mass is 10.1. The second kappa shape index (κ2) is 4.31. The van der Waals surface area contributed by atoms with E-state index < -0.39 is 0 Å². The summed E-state index contributed by atoms with van der Waals surface area (Å²) in [4.78, 5) is 11.7. The first kappa shape index (κ1) is 9.98. The van der Waals surface area contributed by atoms with Gasteiger partial charge in [0.05, 0.1) is 12.6 Å². The van der Waals surface area contributed by atoms with Crippen molar-refractivity contribution in [3.05, 3.63) is 29.8 Å². The highest BCUT2D eigenvalue weighted by Crippen LogP contribution is 2.08. The second-order valence-electron chi connectivity index (χ2n) is 3.66. The maximum Gasteiger partial charge on any atom is 0.251 e. The Morgan fingerprint density at radius 2 is 2.40 bits per heavy atom. The Balaban J connectivity index is 2.01. The Morgan fingerprint density at radius 1 is 1.53 bits per heavy atom. The van der Waals surface area contributed by atoms with Crippen LogP contribution in [0, 0.1) is 0 Å². The summed E-state index contributed by atoms with van der Waals surface area (Å²) < 4.78 is 5.18. The number of nitrogen functional groups attached to an aromatic ring is 1. The van der Waals surface area contributed by atoms with Crippen molar-refractivity contribution in [1.29, 1.82) is 0 Å². The Kier molecular flexibility index (Phi) is 2.87. The van der Waals surface area contributed by atoms with Crippen LogP contribution in [0.25, 0.3) is 0 Å². The summed E-state index contributed by atoms with van der Waals surface area (Å²) in [5.74, 6) is -0.0854. The van der Waals surface area contributed by atoms with Gasteiger partial charge in [0.2, 0.25) is 0 Å². The minimum Gasteiger partial charge on any atom is -0.399 e. The van der Waals surface area contributed by atoms with E-state index in [-0.39, 0.29) is 11.9 Å². The molecule has 0 unspecified atom stereocenters. The van der Waals surface area contributed by atoms with E-state index in [0.717, 1.165) is 13.0 Å². The van der Waals surface area contributed by atoms with Gasteiger partial charge in [0.25, 0.3) is 5.91 Å². The Hall–Kier alpha value is -1.55. The van der Waals surface area contributed by atoms with Crippen LogP contribution in [0.5, 0.6) is 0 Å². The fourth-order valence-electron chi connectivity index (χ4n) is 1.60. The molecule has 0 aliphatic carbocycles. The lowest BCUT2D eigenvalue weighted by molar-refractivity contribution is 0.0930. The molecule has 1 atom stereocenters. The summed E-state index contributed by atoms with van der Waals surface area (Å²) in [5.41, 5.74) is 6.80. The lowest BCUT2D eigenvalue weighted by Gasteiger charge is -2.10. The van der Waals surface area contributed by atoms with Gasteiger partial charge in [-0.3, -0.25) is 4.79 Å². The van der Waals surface area contributed by atoms with Crippen LogP contribution in [0.3, 0.4) is 0 Å². The van der Waals surface area contributed by atoms with Gasteiger partial charge >= 0.3 is 0 Å². The van der Waals surface area contributed by atoms with Crippen molar-refractivity contribution < 1.29 is 9.53 Å². The highest BCUT2D eigenvalue weighted by Gasteiger charge is 2.18. The molecular formula is C11H14N2O2. The van der Waals surface area contributed by atoms with Crippen LogP contribution in [-0.2, 0) is 4.74 Å². The number of rotatable bonds is 2. The van der Waals surface area contributed by atoms with Crippen molar-refractivity contribution in [2.75, 3.05) is 18.9 Å². The minimum atomic E-state index is -0.0854. The number of carbonyl (C=O) groups excluding carboxylic acids is 1. The zero-order valence-electron chi connectivity index (χ0n) is 8.40. The van der Waals surface area contributed by atoms with Crippen molar-refractivity contribution in [3.63, 3.8) is 0 Å². The molecular weight excluding hydrogens is 192 g/mol. The largest absolute Gasteiger partial charge is 0.399 e. The fraction of sp³-hybridized carbons (Fsp3) is 0.364. The third kappa shape index (κ3) is 2.47. The SMILES string of the molecule is Nc1cccc(C(=O)N[C@H]2CCOC2)c1. The topological polar surface area (TPSA) is 64.4 Å². The quantitative estimate of drug-likeness (QED) is 0.703. The average Bonchev–Trinajstić information content (AvgIpc) is 2.70. The highest BCUT2D eigenvalue weighted by atomic mass is 16.5. The maximum atomic E-state index is 11.7. The maximum absolute atomic E-state index is 11.7. The standard InChI is InChI=1S/C11H14N2O2/c12-9-3-1-2-8(6-9)11(14)13-10-4-5-15-7-10/h1-3,6,10H,4-5,7,12H2,(H,13,14)/t10-/m0/s1. The molecule has 4 nitrogen and oxygen atoms in total. The number of hydrogen-bond donors (Lipinski definition) is 2. The summed E-state index contributed by atoms with van der Waals surface area (Å²) in [6.45, 7) is 1.33. The molecule has 0 spiro atoms. The predicted molar refractivity (Wildman–Crippen MR) is 57.5 cm³/mol. The Bertz CT molecular complexity index is 359. The summed E-state index contributed by atoms with van der Waals surface area (Å²) in [6, 6.07) is 7.09. The number of ether oxygens (including phenoxy) is 1. The van der Waals surface area contributed by atoms with Gasteiger partial charge in [0.1, 0.15) is 0 Å². The molecule has 1 heterocycles. The molecule has 1 aromatic rings. The van der Waals surface area contributed by atoms with Crippen LogP contribution in [0.4, 0.5) is 5.69 Å². The molecule has 0 saturated carbocycles. The lowest BCUT2D eigenvalue weighted by Crippen LogP contribution is -2.34. The highest BCUT2D eigenvalue weighted by molar-refractivity contribution is 5.95. The van der Waals surface area contributed by atoms with Gasteiger partial charge < -0.3 is 15.8 Å². The first-order valence-corrected chi connectivity index (χ1v) is 5.00. The van der Waals surface area contributed by atoms with Crippen molar-refractivity contribution in [1.82, 2.24) is 5.32 Å². The third-order valence-corrected chi connectivity index (χ3v) is 2.41. The zero-order chi connectivity index (χ0) is 10.7. The average molecular weight is 206 g/mol. The van der Waals surface area contributed by atoms with Gasteiger partial charge in [-0.25, -0.2) is 0 Å². The summed E-state index contributed by atoms with van der Waals surface area (Å²) in [7, 11) is 0. The van der Waals surface area contributed by atoms with Crippen LogP contribution < -0.4 is 11.1 Å². The molecule has 80 valence electrons. The molecule has 0 bridgehead atoms. The van der Waals surface area contributed by atoms with Gasteiger partial charge in [-0.2, -0.15) is 0 Å². The summed E-state index contributed by atoms with van der Waals surface area (Å²) in [5, 5.41) is 2.90. The number of nitrogens with one attached hydrogen (secondary N) is 1. The van der Waals surface area contributed by atoms with E-state index in [1.54, 1.807) is 24.3 Å². The Labute approximate surface area is 88.4 Å². The minimum absolute atomic E-state index is 0.0854. The van der Waals surface area contributed by atoms with Gasteiger partial charge in [0, 0.05) is 17.9 Å². The third-order valence-electron chi connectivity index (χ3n) is 2.41. The molecule has 1 aliphatic heterocycles. The molecule has 4 heteroatoms. The van der Waals surface area contributed by atoms with E-state index >= 15 is 0 Å². The monoisotopic (exact) mass is 206 g/mol. The second-order valence-corrected chi connectivity index (χ2v) is 3.66. The summed E-state index contributed by atoms with van der Waals surface area (Å²) >= 11 is 0. The normalized spacial score (nSPS) is 20.1. The molecule has 0 aromatic heterocycles. The molecule has 1 aliphatic rings. The van der Waals surface area contributed by atoms with E-state index in [2.05, 4.69) is 5.32 Å². The number of carbonyl (C=O) groups is 1. The zero-order valence-corrected chi connectivity index (χ0v) is 8.40. The van der Waals surface area contributed by atoms with E-state index in [9.17, 15) is 4.79 Å². The summed E-state index contributed by atoms with van der Waals surface area (Å²) in [6.07, 6.45) is 0.883. The van der Waals surface area contributed by atoms with Crippen LogP contribution in [0.1, 0.15) is 16.8 Å². The molecule has 0 radical (unpaired) electrons. The number of amides is 1. The molecule has 1 aromatic carbocycles. The van der Waals surface area contributed by atoms with E-state index in [1.807, 2.05) is 0 Å². The number of nitrogens with two attached hydrogens (primary N) is 1. The predicted octanol–water partition coefficient (Wildman–Crippen LogP) is 0.787. The first-order chi connectivity index (χ1) is 7.25. The smallest absolute Gasteiger partial charge is 0.251 e. The Morgan fingerprint density at radius 3 is 3.07 bits per heavy atom. The van der Waals surface area contributed by atoms with E-state index in [0.29, 0.717) is 17.9 Å². The number of hydrogen-bond acceptors (Lipinski definition) is 3. The van der Waals surface area contributed by atoms with Crippen LogP contribution >= 0.6 is 0 Å². The van der Waals surface area contributed by atoms with Crippen LogP contribution in [0.2, 0.25) is 0 Å². The molecule has 15 heavy (non-hydrogen) atoms. The van der Waals surface area contributed by atoms with Crippen molar-refractivity contribution in [3.8, 4) is 0 Å². The molecule has 3 N–H and O–H groups in total. The van der Waals surface area contributed by atoms with Crippen molar-refractivity contribution >= 4 is 11.6 Å². The van der Waals surface area contributed by atoms with Gasteiger partial charge in [-0.1, -0.05) is 6.07 Å². The fourth-order valence-corrected chi connectivity index (χ4v) is 1.60. The van der Waals surface area contributed by atoms with Gasteiger partial charge in [0.15, 0.2) is 0 Å². The number of anilines is 1. The first-order valence-electron chi connectivity index (χ1n) is 5.00. The number of benzene rings is 1. The molecule has 1 amide bonds. The molecule has 1 fully saturated rings. The van der Waals surface area contributed by atoms with E-state index in [1.165, 1.54) is 0 Å². The molecule has 2 rings (SSSR count). The van der Waals surface area contributed by atoms with Crippen molar-refractivity contribution in [2.24, 2.45) is 0 Å². The van der Waals surface area contributed by atoms with Gasteiger partial charge in [-0.05, 0) is 24.6 Å². The molecule has 1 saturated heterocycles.